The van der Waals surface area contributed by atoms with E-state index < -0.39 is 0 Å². The average Bonchev–Trinajstić information content (AvgIpc) is 2.63. The SMILES string of the molecule is Cn1cnc(CN2CCCC2)n1. The van der Waals surface area contributed by atoms with Crippen molar-refractivity contribution >= 4 is 0 Å². The number of hydrogen-bond acceptors (Lipinski definition) is 3. The zero-order valence-corrected chi connectivity index (χ0v) is 7.40. The Hall–Kier alpha value is -0.900. The Morgan fingerprint density at radius 2 is 2.17 bits per heavy atom. The highest BCUT2D eigenvalue weighted by Crippen LogP contribution is 2.09. The summed E-state index contributed by atoms with van der Waals surface area (Å²) in [7, 11) is 1.90. The van der Waals surface area contributed by atoms with Crippen molar-refractivity contribution in [3.63, 3.8) is 0 Å². The lowest BCUT2D eigenvalue weighted by atomic mass is 10.4. The summed E-state index contributed by atoms with van der Waals surface area (Å²) in [6, 6.07) is 0. The number of nitrogens with zero attached hydrogens (tertiary/aromatic N) is 4. The molecule has 0 amide bonds. The van der Waals surface area contributed by atoms with Gasteiger partial charge in [-0.25, -0.2) is 4.98 Å². The van der Waals surface area contributed by atoms with Crippen molar-refractivity contribution in [3.05, 3.63) is 12.2 Å². The quantitative estimate of drug-likeness (QED) is 0.638. The number of likely N-dealkylation sites (tertiary alicyclic amines) is 1. The smallest absolute Gasteiger partial charge is 0.164 e. The van der Waals surface area contributed by atoms with Crippen LogP contribution in [0, 0.1) is 0 Å². The molecule has 4 heteroatoms. The lowest BCUT2D eigenvalue weighted by Gasteiger charge is -2.10. The second-order valence-corrected chi connectivity index (χ2v) is 3.32. The first-order valence-electron chi connectivity index (χ1n) is 4.41. The van der Waals surface area contributed by atoms with E-state index in [0.29, 0.717) is 0 Å². The van der Waals surface area contributed by atoms with Crippen LogP contribution in [0.1, 0.15) is 18.7 Å². The van der Waals surface area contributed by atoms with Crippen molar-refractivity contribution in [2.45, 2.75) is 19.4 Å². The van der Waals surface area contributed by atoms with Gasteiger partial charge in [-0.3, -0.25) is 9.58 Å². The molecule has 12 heavy (non-hydrogen) atoms. The Kier molecular flexibility index (Phi) is 2.08. The summed E-state index contributed by atoms with van der Waals surface area (Å²) >= 11 is 0. The van der Waals surface area contributed by atoms with Gasteiger partial charge in [-0.05, 0) is 25.9 Å². The van der Waals surface area contributed by atoms with Gasteiger partial charge < -0.3 is 0 Å². The maximum absolute atomic E-state index is 4.24. The molecule has 1 aromatic heterocycles. The Morgan fingerprint density at radius 1 is 1.42 bits per heavy atom. The van der Waals surface area contributed by atoms with Crippen LogP contribution < -0.4 is 0 Å². The van der Waals surface area contributed by atoms with Crippen LogP contribution in [0.2, 0.25) is 0 Å². The normalized spacial score (nSPS) is 18.8. The summed E-state index contributed by atoms with van der Waals surface area (Å²) in [6.45, 7) is 3.33. The van der Waals surface area contributed by atoms with E-state index in [9.17, 15) is 0 Å². The van der Waals surface area contributed by atoms with Crippen LogP contribution in [0.4, 0.5) is 0 Å². The van der Waals surface area contributed by atoms with Crippen LogP contribution in [0.25, 0.3) is 0 Å². The average molecular weight is 166 g/mol. The Balaban J connectivity index is 1.94. The van der Waals surface area contributed by atoms with Crippen molar-refractivity contribution in [1.29, 1.82) is 0 Å². The molecule has 0 radical (unpaired) electrons. The van der Waals surface area contributed by atoms with Crippen molar-refractivity contribution in [2.75, 3.05) is 13.1 Å². The molecule has 0 saturated carbocycles. The highest BCUT2D eigenvalue weighted by molar-refractivity contribution is 4.82. The van der Waals surface area contributed by atoms with E-state index in [-0.39, 0.29) is 0 Å². The lowest BCUT2D eigenvalue weighted by Crippen LogP contribution is -2.19. The first-order valence-corrected chi connectivity index (χ1v) is 4.41. The molecule has 2 rings (SSSR count). The van der Waals surface area contributed by atoms with E-state index in [1.54, 1.807) is 11.0 Å². The van der Waals surface area contributed by atoms with E-state index in [0.717, 1.165) is 12.4 Å². The third-order valence-corrected chi connectivity index (χ3v) is 2.21. The molecule has 0 N–H and O–H groups in total. The van der Waals surface area contributed by atoms with Gasteiger partial charge in [0.2, 0.25) is 0 Å². The van der Waals surface area contributed by atoms with E-state index in [1.807, 2.05) is 7.05 Å². The zero-order valence-electron chi connectivity index (χ0n) is 7.40. The summed E-state index contributed by atoms with van der Waals surface area (Å²) in [5, 5.41) is 4.24. The Morgan fingerprint density at radius 3 is 2.75 bits per heavy atom. The maximum Gasteiger partial charge on any atom is 0.164 e. The van der Waals surface area contributed by atoms with E-state index in [4.69, 9.17) is 0 Å². The molecule has 4 nitrogen and oxygen atoms in total. The molecule has 2 heterocycles. The maximum atomic E-state index is 4.24. The van der Waals surface area contributed by atoms with Crippen LogP contribution in [-0.2, 0) is 13.6 Å². The molecule has 1 aromatic rings. The van der Waals surface area contributed by atoms with Gasteiger partial charge in [0.15, 0.2) is 5.82 Å². The molecule has 1 aliphatic heterocycles. The highest BCUT2D eigenvalue weighted by atomic mass is 15.3. The van der Waals surface area contributed by atoms with Crippen molar-refractivity contribution in [3.8, 4) is 0 Å². The fourth-order valence-electron chi connectivity index (χ4n) is 1.60. The first-order chi connectivity index (χ1) is 5.84. The number of aryl methyl sites for hydroxylation is 1. The van der Waals surface area contributed by atoms with Gasteiger partial charge in [0.05, 0.1) is 6.54 Å². The van der Waals surface area contributed by atoms with Gasteiger partial charge in [0.1, 0.15) is 6.33 Å². The van der Waals surface area contributed by atoms with Gasteiger partial charge in [-0.15, -0.1) is 0 Å². The Labute approximate surface area is 72.2 Å². The van der Waals surface area contributed by atoms with Crippen LogP contribution in [0.5, 0.6) is 0 Å². The Bertz CT molecular complexity index is 249. The van der Waals surface area contributed by atoms with Gasteiger partial charge in [0, 0.05) is 7.05 Å². The van der Waals surface area contributed by atoms with Gasteiger partial charge in [-0.2, -0.15) is 5.10 Å². The second-order valence-electron chi connectivity index (χ2n) is 3.32. The minimum atomic E-state index is 0.918. The van der Waals surface area contributed by atoms with Crippen LogP contribution in [0.3, 0.4) is 0 Å². The lowest BCUT2D eigenvalue weighted by molar-refractivity contribution is 0.322. The molecule has 66 valence electrons. The molecule has 0 bridgehead atoms. The van der Waals surface area contributed by atoms with Crippen LogP contribution in [-0.4, -0.2) is 32.8 Å². The van der Waals surface area contributed by atoms with Gasteiger partial charge in [-0.1, -0.05) is 0 Å². The molecular weight excluding hydrogens is 152 g/mol. The van der Waals surface area contributed by atoms with Gasteiger partial charge >= 0.3 is 0 Å². The van der Waals surface area contributed by atoms with Crippen molar-refractivity contribution in [1.82, 2.24) is 19.7 Å². The number of rotatable bonds is 2. The molecular formula is C8H14N4. The molecule has 1 aliphatic rings. The predicted molar refractivity (Wildman–Crippen MR) is 45.5 cm³/mol. The molecule has 1 saturated heterocycles. The summed E-state index contributed by atoms with van der Waals surface area (Å²) in [5.41, 5.74) is 0. The fourth-order valence-corrected chi connectivity index (χ4v) is 1.60. The first kappa shape index (κ1) is 7.73. The standard InChI is InChI=1S/C8H14N4/c1-11-7-9-8(10-11)6-12-4-2-3-5-12/h7H,2-6H2,1H3. The van der Waals surface area contributed by atoms with Crippen LogP contribution >= 0.6 is 0 Å². The monoisotopic (exact) mass is 166 g/mol. The minimum Gasteiger partial charge on any atom is -0.296 e. The fraction of sp³-hybridized carbons (Fsp3) is 0.750. The predicted octanol–water partition coefficient (Wildman–Crippen LogP) is 0.411. The third-order valence-electron chi connectivity index (χ3n) is 2.21. The molecule has 1 fully saturated rings. The highest BCUT2D eigenvalue weighted by Gasteiger charge is 2.13. The van der Waals surface area contributed by atoms with Crippen molar-refractivity contribution in [2.24, 2.45) is 7.05 Å². The molecule has 0 aromatic carbocycles. The molecule has 0 atom stereocenters. The van der Waals surface area contributed by atoms with E-state index in [1.165, 1.54) is 25.9 Å². The topological polar surface area (TPSA) is 34.0 Å². The molecule has 0 spiro atoms. The number of hydrogen-bond donors (Lipinski definition) is 0. The van der Waals surface area contributed by atoms with Crippen molar-refractivity contribution < 1.29 is 0 Å². The van der Waals surface area contributed by atoms with E-state index in [2.05, 4.69) is 15.0 Å². The third kappa shape index (κ3) is 1.64. The summed E-state index contributed by atoms with van der Waals surface area (Å²) in [4.78, 5) is 6.59. The summed E-state index contributed by atoms with van der Waals surface area (Å²) in [5.74, 6) is 0.944. The molecule has 0 aliphatic carbocycles. The largest absolute Gasteiger partial charge is 0.296 e. The zero-order chi connectivity index (χ0) is 8.39. The van der Waals surface area contributed by atoms with E-state index >= 15 is 0 Å². The minimum absolute atomic E-state index is 0.918. The van der Waals surface area contributed by atoms with Crippen LogP contribution in [0.15, 0.2) is 6.33 Å². The molecule has 0 unspecified atom stereocenters. The van der Waals surface area contributed by atoms with Gasteiger partial charge in [0.25, 0.3) is 0 Å². The second kappa shape index (κ2) is 3.23. The number of aromatic nitrogens is 3. The summed E-state index contributed by atoms with van der Waals surface area (Å²) in [6.07, 6.45) is 4.41. The summed E-state index contributed by atoms with van der Waals surface area (Å²) < 4.78 is 1.76.